The van der Waals surface area contributed by atoms with Crippen LogP contribution in [0.25, 0.3) is 5.70 Å². The Balaban J connectivity index is 1.63. The number of ether oxygens (including phenoxy) is 1. The molecule has 0 saturated heterocycles. The van der Waals surface area contributed by atoms with Crippen molar-refractivity contribution in [2.24, 2.45) is 4.99 Å². The first-order valence-corrected chi connectivity index (χ1v) is 12.4. The number of carbonyl (C=O) groups excluding carboxylic acids is 2. The van der Waals surface area contributed by atoms with E-state index < -0.39 is 12.0 Å². The van der Waals surface area contributed by atoms with Crippen molar-refractivity contribution in [3.05, 3.63) is 107 Å². The van der Waals surface area contributed by atoms with Crippen LogP contribution in [0.5, 0.6) is 0 Å². The monoisotopic (exact) mass is 485 g/mol. The summed E-state index contributed by atoms with van der Waals surface area (Å²) in [5.74, 6) is -0.392. The normalized spacial score (nSPS) is 15.1. The molecule has 0 radical (unpaired) electrons. The minimum atomic E-state index is -0.561. The molecule has 35 heavy (non-hydrogen) atoms. The number of esters is 1. The van der Waals surface area contributed by atoms with Crippen molar-refractivity contribution in [2.45, 2.75) is 19.9 Å². The number of hydrogen-bond donors (Lipinski definition) is 2. The van der Waals surface area contributed by atoms with Crippen molar-refractivity contribution in [3.8, 4) is 0 Å². The minimum absolute atomic E-state index is 0.138. The highest BCUT2D eigenvalue weighted by atomic mass is 32.2. The third kappa shape index (κ3) is 6.19. The first kappa shape index (κ1) is 24.3. The van der Waals surface area contributed by atoms with Gasteiger partial charge in [-0.15, -0.1) is 0 Å². The van der Waals surface area contributed by atoms with E-state index in [4.69, 9.17) is 9.73 Å². The molecule has 0 unspecified atom stereocenters. The molecule has 3 aromatic carbocycles. The molecule has 0 fully saturated rings. The molecule has 0 aliphatic carbocycles. The van der Waals surface area contributed by atoms with Crippen molar-refractivity contribution in [1.29, 1.82) is 0 Å². The van der Waals surface area contributed by atoms with Crippen molar-refractivity contribution in [2.75, 3.05) is 17.7 Å². The van der Waals surface area contributed by atoms with E-state index >= 15 is 0 Å². The van der Waals surface area contributed by atoms with Gasteiger partial charge in [0, 0.05) is 5.69 Å². The van der Waals surface area contributed by atoms with E-state index in [1.54, 1.807) is 6.92 Å². The first-order chi connectivity index (χ1) is 17.0. The second-order valence-electron chi connectivity index (χ2n) is 7.95. The van der Waals surface area contributed by atoms with E-state index in [1.807, 2.05) is 91.9 Å². The van der Waals surface area contributed by atoms with Gasteiger partial charge in [-0.25, -0.2) is 9.79 Å². The highest BCUT2D eigenvalue weighted by Crippen LogP contribution is 2.36. The number of benzene rings is 3. The average Bonchev–Trinajstić information content (AvgIpc) is 2.89. The number of nitrogens with one attached hydrogen (secondary N) is 2. The first-order valence-electron chi connectivity index (χ1n) is 11.4. The molecule has 0 spiro atoms. The summed E-state index contributed by atoms with van der Waals surface area (Å²) in [5, 5.41) is 6.77. The Labute approximate surface area is 209 Å². The number of amidine groups is 1. The lowest BCUT2D eigenvalue weighted by Crippen LogP contribution is -2.31. The topological polar surface area (TPSA) is 79.8 Å². The van der Waals surface area contributed by atoms with Gasteiger partial charge >= 0.3 is 5.97 Å². The van der Waals surface area contributed by atoms with Gasteiger partial charge in [-0.2, -0.15) is 0 Å². The third-order valence-corrected chi connectivity index (χ3v) is 6.26. The highest BCUT2D eigenvalue weighted by molar-refractivity contribution is 8.14. The Morgan fingerprint density at radius 2 is 1.63 bits per heavy atom. The number of thioether (sulfide) groups is 1. The van der Waals surface area contributed by atoms with Crippen LogP contribution in [0.4, 0.5) is 5.69 Å². The Bertz CT molecular complexity index is 1240. The van der Waals surface area contributed by atoms with Crippen LogP contribution in [0.15, 0.2) is 95.5 Å². The van der Waals surface area contributed by atoms with Crippen LogP contribution >= 0.6 is 11.8 Å². The molecule has 3 aromatic rings. The molecule has 1 atom stereocenters. The van der Waals surface area contributed by atoms with Gasteiger partial charge < -0.3 is 15.4 Å². The molecule has 0 bridgehead atoms. The molecule has 7 heteroatoms. The predicted octanol–water partition coefficient (Wildman–Crippen LogP) is 5.34. The Kier molecular flexibility index (Phi) is 8.00. The second kappa shape index (κ2) is 11.5. The Morgan fingerprint density at radius 3 is 2.29 bits per heavy atom. The summed E-state index contributed by atoms with van der Waals surface area (Å²) in [7, 11) is 0. The van der Waals surface area contributed by atoms with Crippen LogP contribution in [0.1, 0.15) is 29.7 Å². The lowest BCUT2D eigenvalue weighted by atomic mass is 9.94. The van der Waals surface area contributed by atoms with Crippen LogP contribution in [0, 0.1) is 6.92 Å². The summed E-state index contributed by atoms with van der Waals surface area (Å²) >= 11 is 1.29. The van der Waals surface area contributed by atoms with Crippen LogP contribution in [0.2, 0.25) is 0 Å². The quantitative estimate of drug-likeness (QED) is 0.442. The van der Waals surface area contributed by atoms with Gasteiger partial charge in [0.2, 0.25) is 5.91 Å². The van der Waals surface area contributed by atoms with Crippen molar-refractivity contribution < 1.29 is 14.3 Å². The number of nitrogens with zero attached hydrogens (tertiary/aromatic N) is 1. The largest absolute Gasteiger partial charge is 0.463 e. The third-order valence-electron chi connectivity index (χ3n) is 5.37. The van der Waals surface area contributed by atoms with Crippen molar-refractivity contribution in [3.63, 3.8) is 0 Å². The molecule has 178 valence electrons. The van der Waals surface area contributed by atoms with Crippen LogP contribution < -0.4 is 10.6 Å². The fourth-order valence-electron chi connectivity index (χ4n) is 3.70. The number of aliphatic imine (C=N–C) groups is 1. The summed E-state index contributed by atoms with van der Waals surface area (Å²) in [6.07, 6.45) is 0. The summed E-state index contributed by atoms with van der Waals surface area (Å²) in [4.78, 5) is 30.5. The lowest BCUT2D eigenvalue weighted by molar-refractivity contribution is -0.138. The Morgan fingerprint density at radius 1 is 0.971 bits per heavy atom. The maximum Gasteiger partial charge on any atom is 0.338 e. The molecule has 0 saturated carbocycles. The maximum absolute atomic E-state index is 13.1. The maximum atomic E-state index is 13.1. The molecule has 4 rings (SSSR count). The number of hydrogen-bond acceptors (Lipinski definition) is 6. The van der Waals surface area contributed by atoms with Crippen LogP contribution in [-0.4, -0.2) is 29.4 Å². The van der Waals surface area contributed by atoms with Crippen molar-refractivity contribution in [1.82, 2.24) is 5.32 Å². The molecule has 2 N–H and O–H groups in total. The van der Waals surface area contributed by atoms with E-state index in [0.29, 0.717) is 16.4 Å². The molecule has 6 nitrogen and oxygen atoms in total. The van der Waals surface area contributed by atoms with Gasteiger partial charge in [-0.3, -0.25) is 4.79 Å². The van der Waals surface area contributed by atoms with Gasteiger partial charge in [0.05, 0.1) is 23.6 Å². The lowest BCUT2D eigenvalue weighted by Gasteiger charge is -2.27. The van der Waals surface area contributed by atoms with E-state index in [0.717, 1.165) is 22.4 Å². The predicted molar refractivity (Wildman–Crippen MR) is 142 cm³/mol. The number of carbonyl (C=O) groups is 2. The highest BCUT2D eigenvalue weighted by Gasteiger charge is 2.32. The number of amides is 1. The molecule has 1 aliphatic rings. The second-order valence-corrected chi connectivity index (χ2v) is 8.91. The smallest absolute Gasteiger partial charge is 0.338 e. The van der Waals surface area contributed by atoms with Gasteiger partial charge in [0.1, 0.15) is 6.04 Å². The van der Waals surface area contributed by atoms with E-state index in [1.165, 1.54) is 11.8 Å². The minimum Gasteiger partial charge on any atom is -0.463 e. The van der Waals surface area contributed by atoms with E-state index in [2.05, 4.69) is 10.6 Å². The zero-order valence-electron chi connectivity index (χ0n) is 19.7. The molecule has 1 amide bonds. The summed E-state index contributed by atoms with van der Waals surface area (Å²) in [5.41, 5.74) is 4.66. The fraction of sp³-hybridized carbons (Fsp3) is 0.179. The molecule has 1 aliphatic heterocycles. The zero-order valence-corrected chi connectivity index (χ0v) is 20.5. The van der Waals surface area contributed by atoms with Crippen LogP contribution in [0.3, 0.4) is 0 Å². The summed E-state index contributed by atoms with van der Waals surface area (Å²) < 4.78 is 5.42. The number of anilines is 1. The van der Waals surface area contributed by atoms with E-state index in [-0.39, 0.29) is 18.3 Å². The molecule has 1 heterocycles. The SMILES string of the molecule is CCOC(=O)C1=C(c2ccccc2)NC(SCC(=O)Nc2ccc(C)cc2)=N[C@H]1c1ccccc1. The number of aryl methyl sites for hydroxylation is 1. The fourth-order valence-corrected chi connectivity index (χ4v) is 4.39. The summed E-state index contributed by atoms with van der Waals surface area (Å²) in [6.45, 7) is 4.04. The van der Waals surface area contributed by atoms with Crippen molar-refractivity contribution >= 4 is 40.2 Å². The number of rotatable bonds is 7. The van der Waals surface area contributed by atoms with Gasteiger partial charge in [0.15, 0.2) is 5.17 Å². The van der Waals surface area contributed by atoms with E-state index in [9.17, 15) is 9.59 Å². The average molecular weight is 486 g/mol. The summed E-state index contributed by atoms with van der Waals surface area (Å²) in [6, 6.07) is 26.3. The van der Waals surface area contributed by atoms with Gasteiger partial charge in [-0.05, 0) is 37.1 Å². The standard InChI is InChI=1S/C28H27N3O3S/c1-3-34-27(33)24-25(20-10-6-4-7-11-20)30-28(31-26(24)21-12-8-5-9-13-21)35-18-23(32)29-22-16-14-19(2)15-17-22/h4-17,25H,3,18H2,1-2H3,(H,29,32)(H,30,31)/t25-/m0/s1. The molecular weight excluding hydrogens is 458 g/mol. The molecule has 0 aromatic heterocycles. The molecular formula is C28H27N3O3S. The zero-order chi connectivity index (χ0) is 24.6. The van der Waals surface area contributed by atoms with Gasteiger partial charge in [-0.1, -0.05) is 90.1 Å². The Hall–Kier alpha value is -3.84. The van der Waals surface area contributed by atoms with Gasteiger partial charge in [0.25, 0.3) is 0 Å². The van der Waals surface area contributed by atoms with Crippen LogP contribution in [-0.2, 0) is 14.3 Å².